The van der Waals surface area contributed by atoms with Gasteiger partial charge in [0.05, 0.1) is 6.10 Å². The lowest BCUT2D eigenvalue weighted by atomic mass is 9.88. The Morgan fingerprint density at radius 1 is 1.10 bits per heavy atom. The highest BCUT2D eigenvalue weighted by Gasteiger charge is 2.19. The van der Waals surface area contributed by atoms with Gasteiger partial charge in [0.15, 0.2) is 0 Å². The third-order valence-corrected chi connectivity index (χ3v) is 5.01. The van der Waals surface area contributed by atoms with Gasteiger partial charge in [0.2, 0.25) is 0 Å². The summed E-state index contributed by atoms with van der Waals surface area (Å²) in [4.78, 5) is 14.0. The lowest BCUT2D eigenvalue weighted by molar-refractivity contribution is 0.123. The number of hydrogen-bond donors (Lipinski definition) is 1. The van der Waals surface area contributed by atoms with Crippen LogP contribution in [-0.2, 0) is 4.74 Å². The highest BCUT2D eigenvalue weighted by atomic mass is 19.1. The van der Waals surface area contributed by atoms with Gasteiger partial charge in [0.25, 0.3) is 0 Å². The molecule has 1 N–H and O–H groups in total. The van der Waals surface area contributed by atoms with Crippen LogP contribution in [0, 0.1) is 5.82 Å². The Kier molecular flexibility index (Phi) is 7.04. The zero-order valence-electron chi connectivity index (χ0n) is 17.4. The van der Waals surface area contributed by atoms with Crippen molar-refractivity contribution in [2.45, 2.75) is 39.7 Å². The summed E-state index contributed by atoms with van der Waals surface area (Å²) >= 11 is 0. The van der Waals surface area contributed by atoms with Crippen molar-refractivity contribution in [2.24, 2.45) is 0 Å². The van der Waals surface area contributed by atoms with Crippen LogP contribution in [-0.4, -0.2) is 31.8 Å². The summed E-state index contributed by atoms with van der Waals surface area (Å²) in [5.74, 6) is -0.236. The second-order valence-electron chi connectivity index (χ2n) is 7.46. The van der Waals surface area contributed by atoms with Crippen LogP contribution in [0.2, 0.25) is 0 Å². The predicted molar refractivity (Wildman–Crippen MR) is 116 cm³/mol. The van der Waals surface area contributed by atoms with Crippen LogP contribution in [0.4, 0.5) is 14.9 Å². The molecule has 0 radical (unpaired) electrons. The Hall–Kier alpha value is -2.66. The summed E-state index contributed by atoms with van der Waals surface area (Å²) < 4.78 is 19.3. The van der Waals surface area contributed by atoms with Crippen molar-refractivity contribution >= 4 is 17.4 Å². The van der Waals surface area contributed by atoms with Gasteiger partial charge in [-0.2, -0.15) is 0 Å². The van der Waals surface area contributed by atoms with E-state index in [0.717, 1.165) is 48.3 Å². The third-order valence-electron chi connectivity index (χ3n) is 5.01. The maximum absolute atomic E-state index is 13.9. The van der Waals surface area contributed by atoms with E-state index < -0.39 is 0 Å². The molecule has 1 saturated heterocycles. The van der Waals surface area contributed by atoms with Crippen LogP contribution in [0.25, 0.3) is 5.57 Å². The van der Waals surface area contributed by atoms with Gasteiger partial charge in [-0.05, 0) is 87.7 Å². The molecular weight excluding hydrogens is 367 g/mol. The first-order valence-corrected chi connectivity index (χ1v) is 10.3. The molecule has 0 atom stereocenters. The molecule has 2 aromatic rings. The number of ether oxygens (including phenoxy) is 1. The minimum Gasteiger partial charge on any atom is -0.446 e. The first kappa shape index (κ1) is 21.1. The van der Waals surface area contributed by atoms with Crippen molar-refractivity contribution in [3.8, 4) is 0 Å². The van der Waals surface area contributed by atoms with Gasteiger partial charge in [0, 0.05) is 12.2 Å². The highest BCUT2D eigenvalue weighted by Crippen LogP contribution is 2.32. The van der Waals surface area contributed by atoms with Gasteiger partial charge < -0.3 is 10.1 Å². The van der Waals surface area contributed by atoms with E-state index in [1.165, 1.54) is 11.6 Å². The Balaban J connectivity index is 1.96. The smallest absolute Gasteiger partial charge is 0.414 e. The molecule has 0 bridgehead atoms. The number of nitrogens with zero attached hydrogens (tertiary/aromatic N) is 1. The van der Waals surface area contributed by atoms with Crippen LogP contribution in [0.15, 0.2) is 54.1 Å². The fraction of sp³-hybridized carbons (Fsp3) is 0.375. The number of hydrogen-bond acceptors (Lipinski definition) is 3. The molecule has 0 aromatic heterocycles. The monoisotopic (exact) mass is 396 g/mol. The zero-order valence-corrected chi connectivity index (χ0v) is 17.4. The van der Waals surface area contributed by atoms with Crippen molar-refractivity contribution < 1.29 is 13.9 Å². The molecule has 4 nitrogen and oxygen atoms in total. The fourth-order valence-electron chi connectivity index (χ4n) is 3.69. The minimum absolute atomic E-state index is 0.167. The quantitative estimate of drug-likeness (QED) is 0.737. The molecule has 29 heavy (non-hydrogen) atoms. The summed E-state index contributed by atoms with van der Waals surface area (Å²) in [5.41, 5.74) is 5.13. The van der Waals surface area contributed by atoms with E-state index in [9.17, 15) is 9.18 Å². The standard InChI is InChI=1S/C24H29FN2O2/c1-4-27(24(28)29-17(2)3)22-10-8-18(9-11-22)23(19-12-14-26-15-13-19)20-6-5-7-21(25)16-20/h5-11,16-17,26H,4,12-15H2,1-3H3. The van der Waals surface area contributed by atoms with Gasteiger partial charge in [0.1, 0.15) is 5.82 Å². The number of benzene rings is 2. The molecule has 3 rings (SSSR count). The summed E-state index contributed by atoms with van der Waals surface area (Å²) in [6.07, 6.45) is 1.36. The van der Waals surface area contributed by atoms with Crippen molar-refractivity contribution in [1.82, 2.24) is 5.32 Å². The van der Waals surface area contributed by atoms with Crippen molar-refractivity contribution in [2.75, 3.05) is 24.5 Å². The Labute approximate surface area is 172 Å². The van der Waals surface area contributed by atoms with E-state index in [0.29, 0.717) is 6.54 Å². The summed E-state index contributed by atoms with van der Waals surface area (Å²) in [6.45, 7) is 7.98. The van der Waals surface area contributed by atoms with Crippen molar-refractivity contribution in [3.05, 3.63) is 71.0 Å². The number of piperidine rings is 1. The Bertz CT molecular complexity index is 867. The fourth-order valence-corrected chi connectivity index (χ4v) is 3.69. The van der Waals surface area contributed by atoms with E-state index >= 15 is 0 Å². The summed E-state index contributed by atoms with van der Waals surface area (Å²) in [6, 6.07) is 14.7. The lowest BCUT2D eigenvalue weighted by Crippen LogP contribution is -2.32. The molecule has 154 valence electrons. The molecule has 1 aliphatic heterocycles. The van der Waals surface area contributed by atoms with Crippen LogP contribution < -0.4 is 10.2 Å². The Morgan fingerprint density at radius 3 is 2.38 bits per heavy atom. The molecule has 0 unspecified atom stereocenters. The molecule has 1 fully saturated rings. The van der Waals surface area contributed by atoms with E-state index in [4.69, 9.17) is 4.74 Å². The first-order chi connectivity index (χ1) is 14.0. The molecule has 0 aliphatic carbocycles. The first-order valence-electron chi connectivity index (χ1n) is 10.3. The zero-order chi connectivity index (χ0) is 20.8. The molecule has 5 heteroatoms. The third kappa shape index (κ3) is 5.24. The second kappa shape index (κ2) is 9.70. The molecule has 1 heterocycles. The van der Waals surface area contributed by atoms with Crippen molar-refractivity contribution in [3.63, 3.8) is 0 Å². The van der Waals surface area contributed by atoms with Gasteiger partial charge >= 0.3 is 6.09 Å². The summed E-state index contributed by atoms with van der Waals surface area (Å²) in [7, 11) is 0. The number of anilines is 1. The highest BCUT2D eigenvalue weighted by molar-refractivity contribution is 5.89. The van der Waals surface area contributed by atoms with E-state index in [-0.39, 0.29) is 18.0 Å². The van der Waals surface area contributed by atoms with Gasteiger partial charge in [-0.1, -0.05) is 29.8 Å². The minimum atomic E-state index is -0.350. The predicted octanol–water partition coefficient (Wildman–Crippen LogP) is 5.38. The molecule has 1 amide bonds. The largest absolute Gasteiger partial charge is 0.446 e. The average Bonchev–Trinajstić information content (AvgIpc) is 2.70. The second-order valence-corrected chi connectivity index (χ2v) is 7.46. The maximum Gasteiger partial charge on any atom is 0.414 e. The van der Waals surface area contributed by atoms with Crippen LogP contribution >= 0.6 is 0 Å². The van der Waals surface area contributed by atoms with Gasteiger partial charge in [-0.15, -0.1) is 0 Å². The van der Waals surface area contributed by atoms with E-state index in [2.05, 4.69) is 5.32 Å². The maximum atomic E-state index is 13.9. The van der Waals surface area contributed by atoms with Gasteiger partial charge in [-0.3, -0.25) is 4.90 Å². The number of carbonyl (C=O) groups is 1. The van der Waals surface area contributed by atoms with E-state index in [1.807, 2.05) is 51.1 Å². The summed E-state index contributed by atoms with van der Waals surface area (Å²) in [5, 5.41) is 3.38. The van der Waals surface area contributed by atoms with Gasteiger partial charge in [-0.25, -0.2) is 9.18 Å². The molecule has 2 aromatic carbocycles. The average molecular weight is 397 g/mol. The van der Waals surface area contributed by atoms with Crippen LogP contribution in [0.5, 0.6) is 0 Å². The molecule has 0 saturated carbocycles. The Morgan fingerprint density at radius 2 is 1.79 bits per heavy atom. The molecule has 1 aliphatic rings. The van der Waals surface area contributed by atoms with Crippen LogP contribution in [0.1, 0.15) is 44.7 Å². The topological polar surface area (TPSA) is 41.6 Å². The molecule has 0 spiro atoms. The van der Waals surface area contributed by atoms with E-state index in [1.54, 1.807) is 17.0 Å². The number of carbonyl (C=O) groups excluding carboxylic acids is 1. The number of nitrogens with one attached hydrogen (secondary N) is 1. The normalized spacial score (nSPS) is 14.0. The van der Waals surface area contributed by atoms with Crippen LogP contribution in [0.3, 0.4) is 0 Å². The number of amides is 1. The number of rotatable bonds is 5. The lowest BCUT2D eigenvalue weighted by Gasteiger charge is -2.23. The number of halogens is 1. The SMILES string of the molecule is CCN(C(=O)OC(C)C)c1ccc(C(=C2CCNCC2)c2cccc(F)c2)cc1. The van der Waals surface area contributed by atoms with Crippen molar-refractivity contribution in [1.29, 1.82) is 0 Å². The molecular formula is C24H29FN2O2.